The van der Waals surface area contributed by atoms with Crippen molar-refractivity contribution < 1.29 is 0 Å². The van der Waals surface area contributed by atoms with Gasteiger partial charge >= 0.3 is 0 Å². The van der Waals surface area contributed by atoms with E-state index in [4.69, 9.17) is 5.73 Å². The normalized spacial score (nSPS) is 10.8. The van der Waals surface area contributed by atoms with Crippen LogP contribution in [0, 0.1) is 0 Å². The maximum absolute atomic E-state index is 12.1. The molecule has 0 spiro atoms. The number of nitrogens with zero attached hydrogens (tertiary/aromatic N) is 3. The topological polar surface area (TPSA) is 64.2 Å². The van der Waals surface area contributed by atoms with Gasteiger partial charge in [0.05, 0.1) is 0 Å². The lowest BCUT2D eigenvalue weighted by atomic mass is 10.3. The average Bonchev–Trinajstić information content (AvgIpc) is 2.26. The Morgan fingerprint density at radius 3 is 2.75 bits per heavy atom. The summed E-state index contributed by atoms with van der Waals surface area (Å²) < 4.78 is 1.68. The number of hydrogen-bond acceptors (Lipinski definition) is 4. The molecule has 0 fully saturated rings. The van der Waals surface area contributed by atoms with Crippen molar-refractivity contribution in [1.82, 2.24) is 9.55 Å². The minimum absolute atomic E-state index is 0.0483. The fourth-order valence-electron chi connectivity index (χ4n) is 1.61. The minimum atomic E-state index is -0.0483. The Hall–Kier alpha value is -1.36. The van der Waals surface area contributed by atoms with Gasteiger partial charge in [0.15, 0.2) is 5.82 Å². The maximum Gasteiger partial charge on any atom is 0.293 e. The van der Waals surface area contributed by atoms with Gasteiger partial charge in [0.1, 0.15) is 0 Å². The Bertz CT molecular complexity index is 386. The number of anilines is 1. The van der Waals surface area contributed by atoms with E-state index >= 15 is 0 Å². The van der Waals surface area contributed by atoms with Crippen LogP contribution in [0.3, 0.4) is 0 Å². The van der Waals surface area contributed by atoms with Gasteiger partial charge in [-0.05, 0) is 20.8 Å². The highest BCUT2D eigenvalue weighted by Crippen LogP contribution is 2.05. The van der Waals surface area contributed by atoms with Crippen LogP contribution in [0.2, 0.25) is 0 Å². The van der Waals surface area contributed by atoms with E-state index in [2.05, 4.69) is 4.98 Å². The Balaban J connectivity index is 3.13. The third kappa shape index (κ3) is 2.61. The molecule has 0 radical (unpaired) electrons. The van der Waals surface area contributed by atoms with Gasteiger partial charge in [-0.3, -0.25) is 4.79 Å². The van der Waals surface area contributed by atoms with Gasteiger partial charge in [0, 0.05) is 38.1 Å². The van der Waals surface area contributed by atoms with E-state index in [1.54, 1.807) is 17.0 Å². The van der Waals surface area contributed by atoms with Crippen LogP contribution in [0.5, 0.6) is 0 Å². The van der Waals surface area contributed by atoms with Crippen molar-refractivity contribution >= 4 is 5.82 Å². The SMILES string of the molecule is CCN(CCN)c1nccn(C(C)C)c1=O. The standard InChI is InChI=1S/C11H20N4O/c1-4-14(7-5-12)10-11(16)15(9(2)3)8-6-13-10/h6,8-9H,4-5,7,12H2,1-3H3. The fraction of sp³-hybridized carbons (Fsp3) is 0.636. The van der Waals surface area contributed by atoms with Gasteiger partial charge in [-0.2, -0.15) is 0 Å². The Labute approximate surface area is 95.9 Å². The van der Waals surface area contributed by atoms with Crippen molar-refractivity contribution in [2.24, 2.45) is 5.73 Å². The lowest BCUT2D eigenvalue weighted by molar-refractivity contribution is 0.571. The predicted octanol–water partition coefficient (Wildman–Crippen LogP) is 0.609. The van der Waals surface area contributed by atoms with Crippen molar-refractivity contribution in [3.05, 3.63) is 22.7 Å². The summed E-state index contributed by atoms with van der Waals surface area (Å²) in [6.07, 6.45) is 3.38. The number of rotatable bonds is 5. The molecule has 16 heavy (non-hydrogen) atoms. The first-order valence-electron chi connectivity index (χ1n) is 5.64. The Kier molecular flexibility index (Phi) is 4.49. The molecule has 0 aliphatic carbocycles. The van der Waals surface area contributed by atoms with Crippen molar-refractivity contribution in [3.63, 3.8) is 0 Å². The number of hydrogen-bond donors (Lipinski definition) is 1. The molecule has 0 saturated heterocycles. The summed E-state index contributed by atoms with van der Waals surface area (Å²) >= 11 is 0. The maximum atomic E-state index is 12.1. The first-order chi connectivity index (χ1) is 7.61. The smallest absolute Gasteiger partial charge is 0.293 e. The molecule has 0 bridgehead atoms. The summed E-state index contributed by atoms with van der Waals surface area (Å²) in [4.78, 5) is 18.2. The van der Waals surface area contributed by atoms with Gasteiger partial charge in [0.25, 0.3) is 5.56 Å². The van der Waals surface area contributed by atoms with Gasteiger partial charge in [-0.15, -0.1) is 0 Å². The van der Waals surface area contributed by atoms with Crippen LogP contribution in [-0.2, 0) is 0 Å². The highest BCUT2D eigenvalue weighted by molar-refractivity contribution is 5.35. The largest absolute Gasteiger partial charge is 0.351 e. The summed E-state index contributed by atoms with van der Waals surface area (Å²) in [6, 6.07) is 0.144. The van der Waals surface area contributed by atoms with Gasteiger partial charge in [-0.25, -0.2) is 4.98 Å². The molecule has 5 nitrogen and oxygen atoms in total. The number of likely N-dealkylation sites (N-methyl/N-ethyl adjacent to an activating group) is 1. The van der Waals surface area contributed by atoms with E-state index in [0.717, 1.165) is 6.54 Å². The highest BCUT2D eigenvalue weighted by atomic mass is 16.1. The molecule has 1 aromatic rings. The van der Waals surface area contributed by atoms with Crippen LogP contribution in [0.1, 0.15) is 26.8 Å². The molecule has 90 valence electrons. The second kappa shape index (κ2) is 5.65. The molecule has 2 N–H and O–H groups in total. The molecule has 0 aromatic carbocycles. The van der Waals surface area contributed by atoms with Crippen LogP contribution in [0.4, 0.5) is 5.82 Å². The molecular weight excluding hydrogens is 204 g/mol. The molecule has 0 amide bonds. The minimum Gasteiger partial charge on any atom is -0.351 e. The second-order valence-corrected chi connectivity index (χ2v) is 3.93. The van der Waals surface area contributed by atoms with E-state index in [-0.39, 0.29) is 11.6 Å². The Morgan fingerprint density at radius 1 is 1.56 bits per heavy atom. The zero-order valence-electron chi connectivity index (χ0n) is 10.2. The average molecular weight is 224 g/mol. The van der Waals surface area contributed by atoms with E-state index in [1.165, 1.54) is 0 Å². The molecular formula is C11H20N4O. The molecule has 1 aromatic heterocycles. The first-order valence-corrected chi connectivity index (χ1v) is 5.64. The van der Waals surface area contributed by atoms with E-state index < -0.39 is 0 Å². The number of aromatic nitrogens is 2. The summed E-state index contributed by atoms with van der Waals surface area (Å²) in [5.74, 6) is 0.490. The molecule has 0 saturated carbocycles. The summed E-state index contributed by atoms with van der Waals surface area (Å²) in [7, 11) is 0. The molecule has 0 aliphatic heterocycles. The van der Waals surface area contributed by atoms with Gasteiger partial charge < -0.3 is 15.2 Å². The van der Waals surface area contributed by atoms with E-state index in [1.807, 2.05) is 25.7 Å². The first kappa shape index (κ1) is 12.7. The summed E-state index contributed by atoms with van der Waals surface area (Å²) in [6.45, 7) is 7.85. The second-order valence-electron chi connectivity index (χ2n) is 3.93. The van der Waals surface area contributed by atoms with Crippen molar-refractivity contribution in [1.29, 1.82) is 0 Å². The van der Waals surface area contributed by atoms with Crippen LogP contribution in [-0.4, -0.2) is 29.2 Å². The van der Waals surface area contributed by atoms with Gasteiger partial charge in [0.2, 0.25) is 0 Å². The van der Waals surface area contributed by atoms with Crippen molar-refractivity contribution in [3.8, 4) is 0 Å². The third-order valence-electron chi connectivity index (χ3n) is 2.49. The lowest BCUT2D eigenvalue weighted by Crippen LogP contribution is -2.36. The molecule has 1 rings (SSSR count). The summed E-state index contributed by atoms with van der Waals surface area (Å²) in [5.41, 5.74) is 5.46. The van der Waals surface area contributed by atoms with E-state index in [9.17, 15) is 4.79 Å². The predicted molar refractivity (Wildman–Crippen MR) is 65.8 cm³/mol. The monoisotopic (exact) mass is 224 g/mol. The van der Waals surface area contributed by atoms with Crippen LogP contribution >= 0.6 is 0 Å². The fourth-order valence-corrected chi connectivity index (χ4v) is 1.61. The molecule has 0 unspecified atom stereocenters. The van der Waals surface area contributed by atoms with Crippen LogP contribution in [0.25, 0.3) is 0 Å². The Morgan fingerprint density at radius 2 is 2.25 bits per heavy atom. The molecule has 0 atom stereocenters. The van der Waals surface area contributed by atoms with Crippen LogP contribution in [0.15, 0.2) is 17.2 Å². The van der Waals surface area contributed by atoms with E-state index in [0.29, 0.717) is 18.9 Å². The zero-order chi connectivity index (χ0) is 12.1. The van der Waals surface area contributed by atoms with Gasteiger partial charge in [-0.1, -0.05) is 0 Å². The lowest BCUT2D eigenvalue weighted by Gasteiger charge is -2.21. The third-order valence-corrected chi connectivity index (χ3v) is 2.49. The molecule has 1 heterocycles. The molecule has 0 aliphatic rings. The van der Waals surface area contributed by atoms with Crippen molar-refractivity contribution in [2.75, 3.05) is 24.5 Å². The summed E-state index contributed by atoms with van der Waals surface area (Å²) in [5, 5.41) is 0. The number of nitrogens with two attached hydrogens (primary N) is 1. The van der Waals surface area contributed by atoms with Crippen LogP contribution < -0.4 is 16.2 Å². The zero-order valence-corrected chi connectivity index (χ0v) is 10.2. The van der Waals surface area contributed by atoms with Crippen molar-refractivity contribution in [2.45, 2.75) is 26.8 Å². The molecule has 5 heteroatoms. The highest BCUT2D eigenvalue weighted by Gasteiger charge is 2.12. The quantitative estimate of drug-likeness (QED) is 0.796.